The summed E-state index contributed by atoms with van der Waals surface area (Å²) in [5.41, 5.74) is 2.69. The number of hydrogen-bond acceptors (Lipinski definition) is 3. The number of hydrogen-bond donors (Lipinski definition) is 1. The molecular weight excluding hydrogens is 254 g/mol. The molecule has 19 heavy (non-hydrogen) atoms. The highest BCUT2D eigenvalue weighted by molar-refractivity contribution is 7.07. The molecule has 0 atom stereocenters. The minimum Gasteiger partial charge on any atom is -0.494 e. The summed E-state index contributed by atoms with van der Waals surface area (Å²) in [6.07, 6.45) is 2.14. The second-order valence-electron chi connectivity index (χ2n) is 4.55. The predicted octanol–water partition coefficient (Wildman–Crippen LogP) is 3.87. The van der Waals surface area contributed by atoms with Gasteiger partial charge in [0.15, 0.2) is 0 Å². The Morgan fingerprint density at radius 1 is 1.21 bits per heavy atom. The molecule has 0 saturated heterocycles. The molecule has 0 spiro atoms. The van der Waals surface area contributed by atoms with Gasteiger partial charge in [0.25, 0.3) is 0 Å². The van der Waals surface area contributed by atoms with Crippen LogP contribution < -0.4 is 10.1 Å². The van der Waals surface area contributed by atoms with E-state index in [-0.39, 0.29) is 0 Å². The number of nitrogens with one attached hydrogen (secondary N) is 1. The Morgan fingerprint density at radius 3 is 2.95 bits per heavy atom. The number of rotatable bonds is 8. The highest BCUT2D eigenvalue weighted by atomic mass is 32.1. The van der Waals surface area contributed by atoms with Gasteiger partial charge in [0.1, 0.15) is 5.75 Å². The van der Waals surface area contributed by atoms with Crippen molar-refractivity contribution in [1.29, 1.82) is 0 Å². The van der Waals surface area contributed by atoms with Gasteiger partial charge in [-0.2, -0.15) is 11.3 Å². The van der Waals surface area contributed by atoms with Crippen molar-refractivity contribution in [1.82, 2.24) is 5.32 Å². The Balaban J connectivity index is 1.73. The van der Waals surface area contributed by atoms with Crippen LogP contribution in [0.4, 0.5) is 0 Å². The lowest BCUT2D eigenvalue weighted by Gasteiger charge is -2.08. The molecule has 2 rings (SSSR count). The maximum absolute atomic E-state index is 5.63. The summed E-state index contributed by atoms with van der Waals surface area (Å²) >= 11 is 1.76. The van der Waals surface area contributed by atoms with Crippen LogP contribution in [0.5, 0.6) is 5.75 Å². The van der Waals surface area contributed by atoms with Gasteiger partial charge in [0.2, 0.25) is 0 Å². The van der Waals surface area contributed by atoms with Crippen molar-refractivity contribution in [3.05, 3.63) is 52.2 Å². The van der Waals surface area contributed by atoms with Crippen molar-refractivity contribution in [3.8, 4) is 5.75 Å². The topological polar surface area (TPSA) is 21.3 Å². The van der Waals surface area contributed by atoms with Crippen LogP contribution in [-0.4, -0.2) is 13.2 Å². The van der Waals surface area contributed by atoms with Gasteiger partial charge in [-0.3, -0.25) is 0 Å². The third-order valence-electron chi connectivity index (χ3n) is 2.87. The minimum absolute atomic E-state index is 0.787. The van der Waals surface area contributed by atoms with Gasteiger partial charge < -0.3 is 10.1 Å². The molecule has 1 aromatic carbocycles. The summed E-state index contributed by atoms with van der Waals surface area (Å²) in [6.45, 7) is 4.81. The van der Waals surface area contributed by atoms with Gasteiger partial charge in [-0.05, 0) is 59.5 Å². The zero-order valence-electron chi connectivity index (χ0n) is 11.4. The molecule has 0 bridgehead atoms. The average Bonchev–Trinajstić information content (AvgIpc) is 2.95. The van der Waals surface area contributed by atoms with Gasteiger partial charge in [0.05, 0.1) is 6.61 Å². The fourth-order valence-electron chi connectivity index (χ4n) is 1.87. The molecule has 0 amide bonds. The first kappa shape index (κ1) is 14.1. The summed E-state index contributed by atoms with van der Waals surface area (Å²) in [5, 5.41) is 7.81. The fourth-order valence-corrected chi connectivity index (χ4v) is 2.57. The second-order valence-corrected chi connectivity index (χ2v) is 5.33. The summed E-state index contributed by atoms with van der Waals surface area (Å²) in [6, 6.07) is 10.5. The molecule has 3 heteroatoms. The highest BCUT2D eigenvalue weighted by Gasteiger charge is 1.97. The van der Waals surface area contributed by atoms with E-state index in [1.54, 1.807) is 11.3 Å². The monoisotopic (exact) mass is 275 g/mol. The fraction of sp³-hybridized carbons (Fsp3) is 0.375. The molecule has 1 heterocycles. The summed E-state index contributed by atoms with van der Waals surface area (Å²) in [4.78, 5) is 0. The van der Waals surface area contributed by atoms with E-state index in [4.69, 9.17) is 4.74 Å². The van der Waals surface area contributed by atoms with Gasteiger partial charge in [-0.1, -0.05) is 19.1 Å². The molecule has 2 aromatic rings. The molecule has 2 nitrogen and oxygen atoms in total. The van der Waals surface area contributed by atoms with E-state index < -0.39 is 0 Å². The second kappa shape index (κ2) is 7.97. The lowest BCUT2D eigenvalue weighted by Crippen LogP contribution is -2.16. The SMILES string of the molecule is CCCOc1cccc(CNCCc2ccsc2)c1. The van der Waals surface area contributed by atoms with Crippen molar-refractivity contribution >= 4 is 11.3 Å². The molecule has 0 aliphatic rings. The number of ether oxygens (including phenoxy) is 1. The first-order chi connectivity index (χ1) is 9.38. The zero-order chi connectivity index (χ0) is 13.3. The maximum Gasteiger partial charge on any atom is 0.119 e. The van der Waals surface area contributed by atoms with Gasteiger partial charge in [0, 0.05) is 6.54 Å². The Labute approximate surface area is 119 Å². The molecule has 0 aliphatic carbocycles. The first-order valence-electron chi connectivity index (χ1n) is 6.82. The molecular formula is C16H21NOS. The minimum atomic E-state index is 0.787. The van der Waals surface area contributed by atoms with Crippen LogP contribution in [0.3, 0.4) is 0 Å². The first-order valence-corrected chi connectivity index (χ1v) is 7.76. The quantitative estimate of drug-likeness (QED) is 0.738. The normalized spacial score (nSPS) is 10.6. The molecule has 1 aromatic heterocycles. The molecule has 0 fully saturated rings. The Hall–Kier alpha value is -1.32. The van der Waals surface area contributed by atoms with Gasteiger partial charge in [-0.15, -0.1) is 0 Å². The smallest absolute Gasteiger partial charge is 0.119 e. The van der Waals surface area contributed by atoms with Gasteiger partial charge in [-0.25, -0.2) is 0 Å². The predicted molar refractivity (Wildman–Crippen MR) is 82.0 cm³/mol. The van der Waals surface area contributed by atoms with Crippen LogP contribution in [-0.2, 0) is 13.0 Å². The zero-order valence-corrected chi connectivity index (χ0v) is 12.2. The van der Waals surface area contributed by atoms with Crippen LogP contribution in [0.1, 0.15) is 24.5 Å². The standard InChI is InChI=1S/C16H21NOS/c1-2-9-18-16-5-3-4-15(11-16)12-17-8-6-14-7-10-19-13-14/h3-5,7,10-11,13,17H,2,6,8-9,12H2,1H3. The van der Waals surface area contributed by atoms with Crippen LogP contribution in [0.25, 0.3) is 0 Å². The Bertz CT molecular complexity index is 467. The van der Waals surface area contributed by atoms with Crippen LogP contribution >= 0.6 is 11.3 Å². The van der Waals surface area contributed by atoms with Crippen molar-refractivity contribution in [2.24, 2.45) is 0 Å². The Morgan fingerprint density at radius 2 is 2.16 bits per heavy atom. The van der Waals surface area contributed by atoms with E-state index in [2.05, 4.69) is 47.3 Å². The van der Waals surface area contributed by atoms with Crippen LogP contribution in [0.15, 0.2) is 41.1 Å². The molecule has 1 N–H and O–H groups in total. The molecule has 0 radical (unpaired) electrons. The van der Waals surface area contributed by atoms with E-state index in [0.29, 0.717) is 0 Å². The van der Waals surface area contributed by atoms with E-state index in [1.807, 2.05) is 6.07 Å². The molecule has 0 aliphatic heterocycles. The van der Waals surface area contributed by atoms with E-state index in [0.717, 1.165) is 38.3 Å². The van der Waals surface area contributed by atoms with E-state index in [9.17, 15) is 0 Å². The third-order valence-corrected chi connectivity index (χ3v) is 3.60. The highest BCUT2D eigenvalue weighted by Crippen LogP contribution is 2.13. The number of thiophene rings is 1. The molecule has 102 valence electrons. The van der Waals surface area contributed by atoms with Crippen molar-refractivity contribution in [2.75, 3.05) is 13.2 Å². The Kier molecular flexibility index (Phi) is 5.92. The molecule has 0 saturated carbocycles. The van der Waals surface area contributed by atoms with E-state index >= 15 is 0 Å². The summed E-state index contributed by atoms with van der Waals surface area (Å²) in [7, 11) is 0. The number of benzene rings is 1. The van der Waals surface area contributed by atoms with Crippen LogP contribution in [0, 0.1) is 0 Å². The summed E-state index contributed by atoms with van der Waals surface area (Å²) in [5.74, 6) is 0.971. The largest absolute Gasteiger partial charge is 0.494 e. The lowest BCUT2D eigenvalue weighted by molar-refractivity contribution is 0.317. The average molecular weight is 275 g/mol. The lowest BCUT2D eigenvalue weighted by atomic mass is 10.2. The van der Waals surface area contributed by atoms with Gasteiger partial charge >= 0.3 is 0 Å². The van der Waals surface area contributed by atoms with Crippen molar-refractivity contribution in [2.45, 2.75) is 26.3 Å². The van der Waals surface area contributed by atoms with E-state index in [1.165, 1.54) is 11.1 Å². The van der Waals surface area contributed by atoms with Crippen molar-refractivity contribution in [3.63, 3.8) is 0 Å². The molecule has 0 unspecified atom stereocenters. The maximum atomic E-state index is 5.63. The van der Waals surface area contributed by atoms with Crippen molar-refractivity contribution < 1.29 is 4.74 Å². The van der Waals surface area contributed by atoms with Crippen LogP contribution in [0.2, 0.25) is 0 Å². The summed E-state index contributed by atoms with van der Waals surface area (Å²) < 4.78 is 5.63. The third kappa shape index (κ3) is 5.05.